The molecule has 0 aliphatic rings. The lowest BCUT2D eigenvalue weighted by Gasteiger charge is -2.08. The van der Waals surface area contributed by atoms with Crippen molar-refractivity contribution in [2.75, 3.05) is 12.8 Å². The van der Waals surface area contributed by atoms with Crippen molar-refractivity contribution in [3.63, 3.8) is 0 Å². The largest absolute Gasteiger partial charge is 0.493 e. The third-order valence-corrected chi connectivity index (χ3v) is 2.88. The first-order valence-corrected chi connectivity index (χ1v) is 5.18. The summed E-state index contributed by atoms with van der Waals surface area (Å²) >= 11 is 1.07. The van der Waals surface area contributed by atoms with Gasteiger partial charge in [0, 0.05) is 6.20 Å². The summed E-state index contributed by atoms with van der Waals surface area (Å²) in [6.45, 7) is 0. The molecule has 0 amide bonds. The summed E-state index contributed by atoms with van der Waals surface area (Å²) in [5.74, 6) is -1.32. The van der Waals surface area contributed by atoms with Gasteiger partial charge in [0.2, 0.25) is 0 Å². The number of thiazole rings is 1. The van der Waals surface area contributed by atoms with Gasteiger partial charge < -0.3 is 10.5 Å². The predicted octanol–water partition coefficient (Wildman–Crippen LogP) is 2.68. The highest BCUT2D eigenvalue weighted by atomic mass is 32.1. The van der Waals surface area contributed by atoms with Crippen molar-refractivity contribution < 1.29 is 13.5 Å². The van der Waals surface area contributed by atoms with Gasteiger partial charge in [-0.25, -0.2) is 13.8 Å². The minimum absolute atomic E-state index is 0.0525. The van der Waals surface area contributed by atoms with Crippen LogP contribution in [0.1, 0.15) is 0 Å². The average molecular weight is 242 g/mol. The molecule has 0 atom stereocenters. The van der Waals surface area contributed by atoms with E-state index in [-0.39, 0.29) is 11.3 Å². The van der Waals surface area contributed by atoms with E-state index in [9.17, 15) is 8.78 Å². The number of nitrogen functional groups attached to an aromatic ring is 1. The summed E-state index contributed by atoms with van der Waals surface area (Å²) in [5.41, 5.74) is 5.50. The molecule has 1 heterocycles. The number of methoxy groups -OCH3 is 1. The molecule has 2 rings (SSSR count). The van der Waals surface area contributed by atoms with Crippen molar-refractivity contribution in [2.45, 2.75) is 0 Å². The lowest BCUT2D eigenvalue weighted by Crippen LogP contribution is -1.94. The second-order valence-corrected chi connectivity index (χ2v) is 4.06. The molecule has 3 nitrogen and oxygen atoms in total. The van der Waals surface area contributed by atoms with Gasteiger partial charge in [0.1, 0.15) is 5.82 Å². The molecule has 0 unspecified atom stereocenters. The monoisotopic (exact) mass is 242 g/mol. The van der Waals surface area contributed by atoms with E-state index in [1.807, 2.05) is 0 Å². The van der Waals surface area contributed by atoms with Crippen molar-refractivity contribution in [3.05, 3.63) is 30.0 Å². The van der Waals surface area contributed by atoms with Crippen LogP contribution in [0.2, 0.25) is 0 Å². The van der Waals surface area contributed by atoms with Crippen LogP contribution < -0.4 is 10.5 Å². The molecule has 1 aromatic carbocycles. The van der Waals surface area contributed by atoms with E-state index >= 15 is 0 Å². The zero-order valence-electron chi connectivity index (χ0n) is 8.33. The van der Waals surface area contributed by atoms with Crippen LogP contribution in [0, 0.1) is 11.6 Å². The van der Waals surface area contributed by atoms with Crippen molar-refractivity contribution in [2.24, 2.45) is 0 Å². The van der Waals surface area contributed by atoms with Crippen molar-refractivity contribution >= 4 is 16.5 Å². The fourth-order valence-electron chi connectivity index (χ4n) is 1.37. The lowest BCUT2D eigenvalue weighted by atomic mass is 10.1. The van der Waals surface area contributed by atoms with Crippen molar-refractivity contribution in [3.8, 4) is 16.2 Å². The highest BCUT2D eigenvalue weighted by Gasteiger charge is 2.18. The number of aromatic nitrogens is 1. The number of benzene rings is 1. The second-order valence-electron chi connectivity index (χ2n) is 3.00. The number of nitrogens with zero attached hydrogens (tertiary/aromatic N) is 1. The Balaban J connectivity index is 2.67. The first-order valence-electron chi connectivity index (χ1n) is 4.37. The van der Waals surface area contributed by atoms with Crippen LogP contribution in [0.4, 0.5) is 13.9 Å². The van der Waals surface area contributed by atoms with Crippen molar-refractivity contribution in [1.29, 1.82) is 0 Å². The van der Waals surface area contributed by atoms with Crippen LogP contribution in [-0.4, -0.2) is 12.1 Å². The van der Waals surface area contributed by atoms with E-state index in [4.69, 9.17) is 10.5 Å². The minimum atomic E-state index is -0.620. The number of hydrogen-bond donors (Lipinski definition) is 1. The van der Waals surface area contributed by atoms with Crippen LogP contribution in [0.15, 0.2) is 18.3 Å². The van der Waals surface area contributed by atoms with Gasteiger partial charge in [-0.3, -0.25) is 0 Å². The smallest absolute Gasteiger partial charge is 0.180 e. The minimum Gasteiger partial charge on any atom is -0.493 e. The zero-order valence-corrected chi connectivity index (χ0v) is 9.15. The molecule has 84 valence electrons. The third kappa shape index (κ3) is 1.71. The quantitative estimate of drug-likeness (QED) is 0.880. The molecule has 16 heavy (non-hydrogen) atoms. The van der Waals surface area contributed by atoms with Gasteiger partial charge in [-0.2, -0.15) is 0 Å². The van der Waals surface area contributed by atoms with Gasteiger partial charge in [-0.05, 0) is 12.1 Å². The zero-order chi connectivity index (χ0) is 11.7. The van der Waals surface area contributed by atoms with E-state index < -0.39 is 11.6 Å². The Morgan fingerprint density at radius 3 is 2.56 bits per heavy atom. The van der Waals surface area contributed by atoms with E-state index in [0.29, 0.717) is 10.0 Å². The van der Waals surface area contributed by atoms with Gasteiger partial charge in [0.05, 0.1) is 17.6 Å². The Bertz CT molecular complexity index is 528. The summed E-state index contributed by atoms with van der Waals surface area (Å²) in [4.78, 5) is 4.23. The summed E-state index contributed by atoms with van der Waals surface area (Å²) < 4.78 is 31.8. The first kappa shape index (κ1) is 10.8. The number of halogens is 2. The molecule has 0 fully saturated rings. The Morgan fingerprint density at radius 2 is 2.00 bits per heavy atom. The Labute approximate surface area is 94.5 Å². The normalized spacial score (nSPS) is 10.4. The van der Waals surface area contributed by atoms with Gasteiger partial charge in [0.25, 0.3) is 0 Å². The molecule has 6 heteroatoms. The maximum atomic E-state index is 13.6. The number of nitrogens with two attached hydrogens (primary N) is 1. The highest BCUT2D eigenvalue weighted by molar-refractivity contribution is 7.18. The van der Waals surface area contributed by atoms with Crippen LogP contribution in [0.3, 0.4) is 0 Å². The molecular weight excluding hydrogens is 234 g/mol. The molecular formula is C10H8F2N2OS. The lowest BCUT2D eigenvalue weighted by molar-refractivity contribution is 0.385. The molecule has 0 radical (unpaired) electrons. The number of hydrogen-bond acceptors (Lipinski definition) is 4. The van der Waals surface area contributed by atoms with E-state index in [1.54, 1.807) is 0 Å². The van der Waals surface area contributed by atoms with Gasteiger partial charge in [-0.15, -0.1) is 0 Å². The standard InChI is InChI=1S/C10H8F2N2OS/c1-15-9-6(12)3-2-5(11)8(9)7-4-14-10(13)16-7/h2-4H,1H3,(H2,13,14). The van der Waals surface area contributed by atoms with Crippen molar-refractivity contribution in [1.82, 2.24) is 4.98 Å². The molecule has 0 spiro atoms. The van der Waals surface area contributed by atoms with E-state index in [0.717, 1.165) is 23.5 Å². The SMILES string of the molecule is COc1c(F)ccc(F)c1-c1cnc(N)s1. The molecule has 0 bridgehead atoms. The Kier molecular flexibility index (Phi) is 2.74. The molecule has 0 aliphatic heterocycles. The van der Waals surface area contributed by atoms with Gasteiger partial charge in [0.15, 0.2) is 16.7 Å². The first-order chi connectivity index (χ1) is 7.63. The molecule has 1 aromatic heterocycles. The van der Waals surface area contributed by atoms with Crippen LogP contribution >= 0.6 is 11.3 Å². The topological polar surface area (TPSA) is 48.1 Å². The summed E-state index contributed by atoms with van der Waals surface area (Å²) in [7, 11) is 1.28. The highest BCUT2D eigenvalue weighted by Crippen LogP contribution is 2.38. The molecule has 2 aromatic rings. The predicted molar refractivity (Wildman–Crippen MR) is 58.4 cm³/mol. The van der Waals surface area contributed by atoms with Gasteiger partial charge >= 0.3 is 0 Å². The fourth-order valence-corrected chi connectivity index (χ4v) is 2.09. The number of rotatable bonds is 2. The number of ether oxygens (including phenoxy) is 1. The summed E-state index contributed by atoms with van der Waals surface area (Å²) in [6.07, 6.45) is 1.39. The van der Waals surface area contributed by atoms with Gasteiger partial charge in [-0.1, -0.05) is 11.3 Å². The Hall–Kier alpha value is -1.69. The van der Waals surface area contributed by atoms with Crippen LogP contribution in [-0.2, 0) is 0 Å². The van der Waals surface area contributed by atoms with Crippen LogP contribution in [0.5, 0.6) is 5.75 Å². The number of anilines is 1. The van der Waals surface area contributed by atoms with E-state index in [1.165, 1.54) is 13.3 Å². The fraction of sp³-hybridized carbons (Fsp3) is 0.100. The molecule has 2 N–H and O–H groups in total. The van der Waals surface area contributed by atoms with E-state index in [2.05, 4.69) is 4.98 Å². The Morgan fingerprint density at radius 1 is 1.31 bits per heavy atom. The van der Waals surface area contributed by atoms with Crippen LogP contribution in [0.25, 0.3) is 10.4 Å². The third-order valence-electron chi connectivity index (χ3n) is 2.03. The second kappa shape index (κ2) is 4.05. The summed E-state index contributed by atoms with van der Waals surface area (Å²) in [5, 5.41) is 0.292. The average Bonchev–Trinajstić information content (AvgIpc) is 2.67. The maximum Gasteiger partial charge on any atom is 0.180 e. The molecule has 0 saturated heterocycles. The maximum absolute atomic E-state index is 13.6. The molecule has 0 aliphatic carbocycles. The summed E-state index contributed by atoms with van der Waals surface area (Å²) in [6, 6.07) is 2.06. The molecule has 0 saturated carbocycles.